The first-order chi connectivity index (χ1) is 7.93. The van der Waals surface area contributed by atoms with E-state index in [9.17, 15) is 4.79 Å². The van der Waals surface area contributed by atoms with Gasteiger partial charge in [-0.15, -0.1) is 0 Å². The van der Waals surface area contributed by atoms with Crippen LogP contribution in [0.1, 0.15) is 19.4 Å². The second kappa shape index (κ2) is 5.72. The Hall–Kier alpha value is -1.49. The Bertz CT molecular complexity index is 432. The van der Waals surface area contributed by atoms with E-state index < -0.39 is 5.92 Å². The Balaban J connectivity index is 2.85. The maximum Gasteiger partial charge on any atom is 0.234 e. The molecule has 0 aliphatic rings. The van der Waals surface area contributed by atoms with Gasteiger partial charge in [0.1, 0.15) is 0 Å². The molecule has 0 saturated heterocycles. The van der Waals surface area contributed by atoms with Gasteiger partial charge in [0.05, 0.1) is 22.8 Å². The number of rotatable bonds is 4. The third-order valence-corrected chi connectivity index (χ3v) is 2.81. The van der Waals surface area contributed by atoms with Gasteiger partial charge in [0.2, 0.25) is 5.91 Å². The van der Waals surface area contributed by atoms with Gasteiger partial charge in [-0.25, -0.2) is 0 Å². The average Bonchev–Trinajstić information content (AvgIpc) is 2.20. The molecule has 5 heteroatoms. The van der Waals surface area contributed by atoms with E-state index in [4.69, 9.17) is 18.0 Å². The summed E-state index contributed by atoms with van der Waals surface area (Å²) >= 11 is 4.92. The normalized spacial score (nSPS) is 12.2. The lowest BCUT2D eigenvalue weighted by Crippen LogP contribution is -2.36. The lowest BCUT2D eigenvalue weighted by molar-refractivity contribution is -0.118. The summed E-state index contributed by atoms with van der Waals surface area (Å²) in [4.78, 5) is 16.2. The van der Waals surface area contributed by atoms with E-state index in [0.717, 1.165) is 5.56 Å². The Morgan fingerprint density at radius 2 is 2.18 bits per heavy atom. The number of nitrogens with one attached hydrogen (secondary N) is 1. The van der Waals surface area contributed by atoms with Crippen LogP contribution in [0.5, 0.6) is 0 Å². The Labute approximate surface area is 107 Å². The fourth-order valence-corrected chi connectivity index (χ4v) is 1.95. The number of carbonyl (C=O) groups excluding carboxylic acids is 1. The van der Waals surface area contributed by atoms with E-state index in [1.807, 2.05) is 26.8 Å². The molecule has 0 bridgehead atoms. The molecule has 0 aliphatic carbocycles. The summed E-state index contributed by atoms with van der Waals surface area (Å²) in [6.45, 7) is 5.74. The fraction of sp³-hybridized carbons (Fsp3) is 0.417. The van der Waals surface area contributed by atoms with Crippen LogP contribution in [0.2, 0.25) is 0 Å². The van der Waals surface area contributed by atoms with Crippen molar-refractivity contribution in [2.75, 3.05) is 5.32 Å². The molecule has 0 aliphatic heterocycles. The number of carbonyl (C=O) groups is 1. The van der Waals surface area contributed by atoms with E-state index in [0.29, 0.717) is 5.69 Å². The zero-order chi connectivity index (χ0) is 13.0. The van der Waals surface area contributed by atoms with Gasteiger partial charge in [0.25, 0.3) is 0 Å². The minimum absolute atomic E-state index is 0.0736. The van der Waals surface area contributed by atoms with E-state index >= 15 is 0 Å². The Morgan fingerprint density at radius 3 is 2.65 bits per heavy atom. The molecular weight excluding hydrogens is 234 g/mol. The van der Waals surface area contributed by atoms with Crippen molar-refractivity contribution < 1.29 is 4.79 Å². The monoisotopic (exact) mass is 251 g/mol. The third kappa shape index (κ3) is 3.49. The first-order valence-corrected chi connectivity index (χ1v) is 5.85. The first kappa shape index (κ1) is 13.6. The number of anilines is 1. The average molecular weight is 251 g/mol. The van der Waals surface area contributed by atoms with Gasteiger partial charge in [-0.2, -0.15) is 0 Å². The van der Waals surface area contributed by atoms with Crippen molar-refractivity contribution in [3.8, 4) is 0 Å². The highest BCUT2D eigenvalue weighted by Gasteiger charge is 2.25. The number of pyridine rings is 1. The van der Waals surface area contributed by atoms with Gasteiger partial charge in [-0.05, 0) is 24.5 Å². The fourth-order valence-electron chi connectivity index (χ4n) is 1.57. The summed E-state index contributed by atoms with van der Waals surface area (Å²) < 4.78 is 0. The van der Waals surface area contributed by atoms with Crippen LogP contribution < -0.4 is 11.1 Å². The van der Waals surface area contributed by atoms with Crippen LogP contribution in [0.15, 0.2) is 18.5 Å². The third-order valence-electron chi connectivity index (χ3n) is 2.55. The van der Waals surface area contributed by atoms with Crippen LogP contribution in [0.3, 0.4) is 0 Å². The number of nitrogens with zero attached hydrogens (tertiary/aromatic N) is 1. The molecule has 3 N–H and O–H groups in total. The lowest BCUT2D eigenvalue weighted by atomic mass is 9.95. The van der Waals surface area contributed by atoms with E-state index in [1.165, 1.54) is 0 Å². The molecule has 0 radical (unpaired) electrons. The number of thiocarbonyl (C=S) groups is 1. The van der Waals surface area contributed by atoms with Crippen LogP contribution in [0.4, 0.5) is 5.69 Å². The van der Waals surface area contributed by atoms with Gasteiger partial charge < -0.3 is 11.1 Å². The number of hydrogen-bond donors (Lipinski definition) is 2. The van der Waals surface area contributed by atoms with Crippen molar-refractivity contribution in [2.24, 2.45) is 17.6 Å². The Morgan fingerprint density at radius 1 is 1.53 bits per heavy atom. The number of hydrogen-bond acceptors (Lipinski definition) is 3. The summed E-state index contributed by atoms with van der Waals surface area (Å²) in [5.41, 5.74) is 7.24. The molecule has 92 valence electrons. The maximum atomic E-state index is 12.0. The van der Waals surface area contributed by atoms with Gasteiger partial charge >= 0.3 is 0 Å². The number of nitrogens with two attached hydrogens (primary N) is 1. The topological polar surface area (TPSA) is 68.0 Å². The molecule has 4 nitrogen and oxygen atoms in total. The smallest absolute Gasteiger partial charge is 0.234 e. The number of aryl methyl sites for hydroxylation is 1. The van der Waals surface area contributed by atoms with Crippen LogP contribution >= 0.6 is 12.2 Å². The molecule has 1 heterocycles. The summed E-state index contributed by atoms with van der Waals surface area (Å²) in [7, 11) is 0. The van der Waals surface area contributed by atoms with Gasteiger partial charge in [-0.1, -0.05) is 26.1 Å². The van der Waals surface area contributed by atoms with Crippen molar-refractivity contribution in [3.63, 3.8) is 0 Å². The molecule has 17 heavy (non-hydrogen) atoms. The minimum Gasteiger partial charge on any atom is -0.393 e. The molecule has 0 aromatic carbocycles. The predicted octanol–water partition coefficient (Wildman–Crippen LogP) is 1.89. The molecule has 0 saturated carbocycles. The van der Waals surface area contributed by atoms with E-state index in [2.05, 4.69) is 10.3 Å². The van der Waals surface area contributed by atoms with E-state index in [-0.39, 0.29) is 16.8 Å². The largest absolute Gasteiger partial charge is 0.393 e. The zero-order valence-corrected chi connectivity index (χ0v) is 11.0. The van der Waals surface area contributed by atoms with Crippen molar-refractivity contribution in [1.29, 1.82) is 0 Å². The Kier molecular flexibility index (Phi) is 4.57. The summed E-state index contributed by atoms with van der Waals surface area (Å²) in [5.74, 6) is -0.558. The predicted molar refractivity (Wildman–Crippen MR) is 72.7 cm³/mol. The number of aromatic nitrogens is 1. The second-order valence-electron chi connectivity index (χ2n) is 4.30. The van der Waals surface area contributed by atoms with Crippen LogP contribution in [-0.4, -0.2) is 15.9 Å². The van der Waals surface area contributed by atoms with Crippen LogP contribution in [0.25, 0.3) is 0 Å². The van der Waals surface area contributed by atoms with Crippen molar-refractivity contribution >= 4 is 28.8 Å². The lowest BCUT2D eigenvalue weighted by Gasteiger charge is -2.19. The van der Waals surface area contributed by atoms with Crippen molar-refractivity contribution in [1.82, 2.24) is 4.98 Å². The summed E-state index contributed by atoms with van der Waals surface area (Å²) in [6, 6.07) is 1.83. The van der Waals surface area contributed by atoms with Crippen molar-refractivity contribution in [3.05, 3.63) is 24.0 Å². The molecule has 0 fully saturated rings. The van der Waals surface area contributed by atoms with Crippen LogP contribution in [0, 0.1) is 18.8 Å². The molecule has 0 spiro atoms. The number of amides is 1. The van der Waals surface area contributed by atoms with E-state index in [1.54, 1.807) is 12.4 Å². The maximum absolute atomic E-state index is 12.0. The highest BCUT2D eigenvalue weighted by Crippen LogP contribution is 2.17. The van der Waals surface area contributed by atoms with Gasteiger partial charge in [-0.3, -0.25) is 9.78 Å². The quantitative estimate of drug-likeness (QED) is 0.802. The molecule has 1 aromatic heterocycles. The molecule has 1 rings (SSSR count). The highest BCUT2D eigenvalue weighted by atomic mass is 32.1. The summed E-state index contributed by atoms with van der Waals surface area (Å²) in [5, 5.41) is 2.80. The SMILES string of the molecule is Cc1ccncc1NC(=O)C(C(N)=S)C(C)C. The molecule has 1 aromatic rings. The van der Waals surface area contributed by atoms with Crippen LogP contribution in [-0.2, 0) is 4.79 Å². The minimum atomic E-state index is -0.454. The van der Waals surface area contributed by atoms with Gasteiger partial charge in [0, 0.05) is 6.20 Å². The summed E-state index contributed by atoms with van der Waals surface area (Å²) in [6.07, 6.45) is 3.29. The molecule has 1 amide bonds. The van der Waals surface area contributed by atoms with Gasteiger partial charge in [0.15, 0.2) is 0 Å². The second-order valence-corrected chi connectivity index (χ2v) is 4.78. The highest BCUT2D eigenvalue weighted by molar-refractivity contribution is 7.80. The molecule has 1 unspecified atom stereocenters. The molecule has 1 atom stereocenters. The molecular formula is C12H17N3OS. The first-order valence-electron chi connectivity index (χ1n) is 5.44. The van der Waals surface area contributed by atoms with Crippen molar-refractivity contribution in [2.45, 2.75) is 20.8 Å². The zero-order valence-electron chi connectivity index (χ0n) is 10.2. The standard InChI is InChI=1S/C12H17N3OS/c1-7(2)10(11(13)17)12(16)15-9-6-14-5-4-8(9)3/h4-7,10H,1-3H3,(H2,13,17)(H,15,16).